The summed E-state index contributed by atoms with van der Waals surface area (Å²) in [5.74, 6) is 1.57. The zero-order valence-electron chi connectivity index (χ0n) is 12.6. The molecule has 2 heterocycles. The number of hydrogen-bond acceptors (Lipinski definition) is 3. The number of carbonyl (C=O) groups excluding carboxylic acids is 1. The van der Waals surface area contributed by atoms with Crippen molar-refractivity contribution in [3.63, 3.8) is 0 Å². The molecule has 0 atom stereocenters. The Labute approximate surface area is 121 Å². The Morgan fingerprint density at radius 3 is 2.65 bits per heavy atom. The lowest BCUT2D eigenvalue weighted by Crippen LogP contribution is -2.30. The van der Waals surface area contributed by atoms with Crippen molar-refractivity contribution in [3.05, 3.63) is 23.9 Å². The molecule has 0 aromatic carbocycles. The number of rotatable bonds is 5. The number of aromatic nitrogens is 1. The van der Waals surface area contributed by atoms with E-state index in [-0.39, 0.29) is 5.91 Å². The predicted molar refractivity (Wildman–Crippen MR) is 81.6 cm³/mol. The highest BCUT2D eigenvalue weighted by molar-refractivity contribution is 5.76. The monoisotopic (exact) mass is 275 g/mol. The molecular formula is C16H25N3O. The first kappa shape index (κ1) is 14.8. The molecule has 0 radical (unpaired) electrons. The van der Waals surface area contributed by atoms with Gasteiger partial charge in [-0.15, -0.1) is 0 Å². The summed E-state index contributed by atoms with van der Waals surface area (Å²) < 4.78 is 0. The highest BCUT2D eigenvalue weighted by Gasteiger charge is 2.11. The zero-order chi connectivity index (χ0) is 14.4. The van der Waals surface area contributed by atoms with E-state index in [0.717, 1.165) is 24.5 Å². The number of piperidine rings is 1. The summed E-state index contributed by atoms with van der Waals surface area (Å²) in [7, 11) is 0. The normalized spacial score (nSPS) is 15.4. The van der Waals surface area contributed by atoms with Crippen molar-refractivity contribution in [3.8, 4) is 0 Å². The van der Waals surface area contributed by atoms with Gasteiger partial charge in [-0.2, -0.15) is 0 Å². The second-order valence-corrected chi connectivity index (χ2v) is 5.95. The SMILES string of the molecule is CC(C)CC(=O)NCc1ccc(N2CCCCC2)nc1. The Hall–Kier alpha value is -1.58. The first-order valence-electron chi connectivity index (χ1n) is 7.61. The molecule has 0 unspecified atom stereocenters. The van der Waals surface area contributed by atoms with E-state index >= 15 is 0 Å². The molecule has 0 aliphatic carbocycles. The van der Waals surface area contributed by atoms with Crippen molar-refractivity contribution >= 4 is 11.7 Å². The number of carbonyl (C=O) groups is 1. The maximum absolute atomic E-state index is 11.6. The minimum absolute atomic E-state index is 0.111. The molecule has 2 rings (SSSR count). The third kappa shape index (κ3) is 4.51. The molecule has 1 N–H and O–H groups in total. The van der Waals surface area contributed by atoms with Crippen LogP contribution >= 0.6 is 0 Å². The third-order valence-corrected chi connectivity index (χ3v) is 3.57. The molecule has 1 aliphatic heterocycles. The van der Waals surface area contributed by atoms with Crippen LogP contribution in [0.15, 0.2) is 18.3 Å². The fourth-order valence-corrected chi connectivity index (χ4v) is 2.47. The van der Waals surface area contributed by atoms with E-state index < -0.39 is 0 Å². The molecule has 0 spiro atoms. The van der Waals surface area contributed by atoms with Gasteiger partial charge < -0.3 is 10.2 Å². The van der Waals surface area contributed by atoms with Gasteiger partial charge in [0.15, 0.2) is 0 Å². The molecule has 0 saturated carbocycles. The van der Waals surface area contributed by atoms with E-state index in [1.54, 1.807) is 0 Å². The summed E-state index contributed by atoms with van der Waals surface area (Å²) in [5, 5.41) is 2.94. The molecule has 1 aliphatic rings. The van der Waals surface area contributed by atoms with Crippen LogP contribution in [0, 0.1) is 5.92 Å². The van der Waals surface area contributed by atoms with Gasteiger partial charge in [-0.05, 0) is 36.8 Å². The molecule has 4 nitrogen and oxygen atoms in total. The number of anilines is 1. The lowest BCUT2D eigenvalue weighted by Gasteiger charge is -2.27. The van der Waals surface area contributed by atoms with Gasteiger partial charge >= 0.3 is 0 Å². The number of nitrogens with zero attached hydrogens (tertiary/aromatic N) is 2. The smallest absolute Gasteiger partial charge is 0.220 e. The van der Waals surface area contributed by atoms with Crippen molar-refractivity contribution in [2.75, 3.05) is 18.0 Å². The third-order valence-electron chi connectivity index (χ3n) is 3.57. The summed E-state index contributed by atoms with van der Waals surface area (Å²) >= 11 is 0. The van der Waals surface area contributed by atoms with E-state index in [1.807, 2.05) is 6.20 Å². The number of hydrogen-bond donors (Lipinski definition) is 1. The highest BCUT2D eigenvalue weighted by atomic mass is 16.1. The molecule has 1 amide bonds. The summed E-state index contributed by atoms with van der Waals surface area (Å²) in [6, 6.07) is 4.13. The van der Waals surface area contributed by atoms with E-state index in [0.29, 0.717) is 18.9 Å². The first-order valence-corrected chi connectivity index (χ1v) is 7.61. The maximum Gasteiger partial charge on any atom is 0.220 e. The second-order valence-electron chi connectivity index (χ2n) is 5.95. The first-order chi connectivity index (χ1) is 9.65. The van der Waals surface area contributed by atoms with Crippen molar-refractivity contribution in [2.24, 2.45) is 5.92 Å². The van der Waals surface area contributed by atoms with Crippen LogP contribution in [0.1, 0.15) is 45.1 Å². The van der Waals surface area contributed by atoms with E-state index in [9.17, 15) is 4.79 Å². The summed E-state index contributed by atoms with van der Waals surface area (Å²) in [5.41, 5.74) is 1.06. The van der Waals surface area contributed by atoms with Crippen LogP contribution in [0.25, 0.3) is 0 Å². The molecule has 1 aromatic rings. The topological polar surface area (TPSA) is 45.2 Å². The molecule has 110 valence electrons. The van der Waals surface area contributed by atoms with E-state index in [2.05, 4.69) is 41.2 Å². The fourth-order valence-electron chi connectivity index (χ4n) is 2.47. The summed E-state index contributed by atoms with van der Waals surface area (Å²) in [6.07, 6.45) is 6.30. The Morgan fingerprint density at radius 1 is 1.30 bits per heavy atom. The van der Waals surface area contributed by atoms with Gasteiger partial charge in [0.25, 0.3) is 0 Å². The number of nitrogens with one attached hydrogen (secondary N) is 1. The van der Waals surface area contributed by atoms with E-state index in [1.165, 1.54) is 19.3 Å². The van der Waals surface area contributed by atoms with Crippen LogP contribution in [0.5, 0.6) is 0 Å². The van der Waals surface area contributed by atoms with Crippen molar-refractivity contribution in [1.29, 1.82) is 0 Å². The average molecular weight is 275 g/mol. The van der Waals surface area contributed by atoms with Crippen molar-refractivity contribution < 1.29 is 4.79 Å². The molecule has 0 bridgehead atoms. The summed E-state index contributed by atoms with van der Waals surface area (Å²) in [4.78, 5) is 18.5. The van der Waals surface area contributed by atoms with Gasteiger partial charge in [-0.3, -0.25) is 4.79 Å². The Balaban J connectivity index is 1.83. The van der Waals surface area contributed by atoms with Crippen LogP contribution in [-0.4, -0.2) is 24.0 Å². The van der Waals surface area contributed by atoms with Crippen LogP contribution in [0.4, 0.5) is 5.82 Å². The maximum atomic E-state index is 11.6. The van der Waals surface area contributed by atoms with E-state index in [4.69, 9.17) is 0 Å². The minimum atomic E-state index is 0.111. The van der Waals surface area contributed by atoms with Gasteiger partial charge in [0, 0.05) is 32.3 Å². The predicted octanol–water partition coefficient (Wildman–Crippen LogP) is 2.73. The quantitative estimate of drug-likeness (QED) is 0.898. The largest absolute Gasteiger partial charge is 0.357 e. The Bertz CT molecular complexity index is 422. The van der Waals surface area contributed by atoms with Crippen LogP contribution in [-0.2, 0) is 11.3 Å². The Kier molecular flexibility index (Phi) is 5.39. The van der Waals surface area contributed by atoms with Crippen LogP contribution < -0.4 is 10.2 Å². The average Bonchev–Trinajstić information content (AvgIpc) is 2.46. The van der Waals surface area contributed by atoms with Crippen molar-refractivity contribution in [2.45, 2.75) is 46.1 Å². The standard InChI is InChI=1S/C16H25N3O/c1-13(2)10-16(20)18-12-14-6-7-15(17-11-14)19-8-4-3-5-9-19/h6-7,11,13H,3-5,8-10,12H2,1-2H3,(H,18,20). The van der Waals surface area contributed by atoms with Gasteiger partial charge in [-0.25, -0.2) is 4.98 Å². The number of amides is 1. The fraction of sp³-hybridized carbons (Fsp3) is 0.625. The molecule has 1 fully saturated rings. The number of pyridine rings is 1. The molecule has 1 saturated heterocycles. The lowest BCUT2D eigenvalue weighted by atomic mass is 10.1. The van der Waals surface area contributed by atoms with Gasteiger partial charge in [-0.1, -0.05) is 19.9 Å². The highest BCUT2D eigenvalue weighted by Crippen LogP contribution is 2.17. The molecule has 1 aromatic heterocycles. The molecular weight excluding hydrogens is 250 g/mol. The van der Waals surface area contributed by atoms with Crippen LogP contribution in [0.2, 0.25) is 0 Å². The van der Waals surface area contributed by atoms with Gasteiger partial charge in [0.2, 0.25) is 5.91 Å². The molecule has 20 heavy (non-hydrogen) atoms. The summed E-state index contributed by atoms with van der Waals surface area (Å²) in [6.45, 7) is 6.89. The van der Waals surface area contributed by atoms with Crippen molar-refractivity contribution in [1.82, 2.24) is 10.3 Å². The van der Waals surface area contributed by atoms with Gasteiger partial charge in [0.05, 0.1) is 0 Å². The van der Waals surface area contributed by atoms with Gasteiger partial charge in [0.1, 0.15) is 5.82 Å². The lowest BCUT2D eigenvalue weighted by molar-refractivity contribution is -0.121. The Morgan fingerprint density at radius 2 is 2.05 bits per heavy atom. The molecule has 4 heteroatoms. The minimum Gasteiger partial charge on any atom is -0.357 e. The second kappa shape index (κ2) is 7.27. The zero-order valence-corrected chi connectivity index (χ0v) is 12.6. The van der Waals surface area contributed by atoms with Crippen LogP contribution in [0.3, 0.4) is 0 Å².